The molecule has 0 bridgehead atoms. The topological polar surface area (TPSA) is 76.2 Å². The van der Waals surface area contributed by atoms with Crippen molar-refractivity contribution >= 4 is 16.1 Å². The van der Waals surface area contributed by atoms with Gasteiger partial charge in [-0.25, -0.2) is 13.2 Å². The second kappa shape index (κ2) is 6.22. The number of ether oxygens (including phenoxy) is 2. The maximum absolute atomic E-state index is 12.5. The zero-order valence-electron chi connectivity index (χ0n) is 14.7. The summed E-state index contributed by atoms with van der Waals surface area (Å²) in [5.74, 6) is 0. The number of amides is 1. The quantitative estimate of drug-likeness (QED) is 0.760. The summed E-state index contributed by atoms with van der Waals surface area (Å²) in [5.41, 5.74) is -1.34. The molecule has 0 unspecified atom stereocenters. The van der Waals surface area contributed by atoms with Crippen LogP contribution in [0.5, 0.6) is 0 Å². The third-order valence-corrected chi connectivity index (χ3v) is 6.54. The van der Waals surface area contributed by atoms with Crippen molar-refractivity contribution < 1.29 is 22.7 Å². The Labute approximate surface area is 139 Å². The molecule has 2 aliphatic heterocycles. The fourth-order valence-electron chi connectivity index (χ4n) is 2.97. The molecule has 2 saturated heterocycles. The number of sulfonamides is 1. The molecular weight excluding hydrogens is 320 g/mol. The molecule has 134 valence electrons. The third-order valence-electron chi connectivity index (χ3n) is 4.22. The lowest BCUT2D eigenvalue weighted by atomic mass is 10.0. The second-order valence-electron chi connectivity index (χ2n) is 7.43. The smallest absolute Gasteiger partial charge is 0.410 e. The molecule has 23 heavy (non-hydrogen) atoms. The number of nitrogens with zero attached hydrogens (tertiary/aromatic N) is 2. The number of likely N-dealkylation sites (tertiary alicyclic amines) is 1. The zero-order chi connectivity index (χ0) is 17.5. The standard InChI is InChI=1S/C15H28N2O5S/c1-12(2)23(19,20)17-10-11-21-15(17)6-8-16(9-7-15)13(18)22-14(3,4)5/h12H,6-11H2,1-5H3. The van der Waals surface area contributed by atoms with Gasteiger partial charge in [-0.15, -0.1) is 0 Å². The van der Waals surface area contributed by atoms with Crippen LogP contribution in [0.25, 0.3) is 0 Å². The van der Waals surface area contributed by atoms with Crippen LogP contribution in [-0.4, -0.2) is 66.5 Å². The minimum absolute atomic E-state index is 0.358. The fraction of sp³-hybridized carbons (Fsp3) is 0.933. The number of hydrogen-bond donors (Lipinski definition) is 0. The van der Waals surface area contributed by atoms with Gasteiger partial charge in [0.15, 0.2) is 0 Å². The molecule has 8 heteroatoms. The molecule has 0 saturated carbocycles. The molecule has 2 aliphatic rings. The van der Waals surface area contributed by atoms with E-state index in [1.165, 1.54) is 4.31 Å². The van der Waals surface area contributed by atoms with Crippen molar-refractivity contribution in [2.24, 2.45) is 0 Å². The van der Waals surface area contributed by atoms with E-state index < -0.39 is 26.6 Å². The highest BCUT2D eigenvalue weighted by Crippen LogP contribution is 2.37. The SMILES string of the molecule is CC(C)S(=O)(=O)N1CCOC12CCN(C(=O)OC(C)(C)C)CC2. The number of carbonyl (C=O) groups is 1. The van der Waals surface area contributed by atoms with Crippen molar-refractivity contribution in [2.75, 3.05) is 26.2 Å². The van der Waals surface area contributed by atoms with E-state index in [9.17, 15) is 13.2 Å². The van der Waals surface area contributed by atoms with Gasteiger partial charge in [0.25, 0.3) is 0 Å². The van der Waals surface area contributed by atoms with E-state index in [4.69, 9.17) is 9.47 Å². The normalized spacial score (nSPS) is 22.8. The van der Waals surface area contributed by atoms with Crippen molar-refractivity contribution in [3.05, 3.63) is 0 Å². The second-order valence-corrected chi connectivity index (χ2v) is 9.84. The van der Waals surface area contributed by atoms with Crippen molar-refractivity contribution in [1.29, 1.82) is 0 Å². The van der Waals surface area contributed by atoms with Gasteiger partial charge in [0.05, 0.1) is 11.9 Å². The molecular formula is C15H28N2O5S. The number of piperidine rings is 1. The summed E-state index contributed by atoms with van der Waals surface area (Å²) in [7, 11) is -3.38. The summed E-state index contributed by atoms with van der Waals surface area (Å²) in [6.07, 6.45) is 0.583. The average Bonchev–Trinajstić information content (AvgIpc) is 2.81. The molecule has 0 N–H and O–H groups in total. The van der Waals surface area contributed by atoms with Gasteiger partial charge in [0.2, 0.25) is 10.0 Å². The zero-order valence-corrected chi connectivity index (χ0v) is 15.5. The molecule has 0 aromatic carbocycles. The van der Waals surface area contributed by atoms with Crippen LogP contribution >= 0.6 is 0 Å². The van der Waals surface area contributed by atoms with Gasteiger partial charge in [-0.05, 0) is 34.6 Å². The molecule has 0 aromatic rings. The van der Waals surface area contributed by atoms with Gasteiger partial charge >= 0.3 is 6.09 Å². The fourth-order valence-corrected chi connectivity index (χ4v) is 4.50. The first-order valence-corrected chi connectivity index (χ1v) is 9.62. The highest BCUT2D eigenvalue weighted by atomic mass is 32.2. The van der Waals surface area contributed by atoms with E-state index in [1.54, 1.807) is 18.7 Å². The largest absolute Gasteiger partial charge is 0.444 e. The molecule has 2 heterocycles. The Hall–Kier alpha value is -0.860. The highest BCUT2D eigenvalue weighted by molar-refractivity contribution is 7.89. The van der Waals surface area contributed by atoms with E-state index in [0.29, 0.717) is 39.1 Å². The first-order valence-electron chi connectivity index (χ1n) is 8.11. The molecule has 0 atom stereocenters. The van der Waals surface area contributed by atoms with Crippen LogP contribution < -0.4 is 0 Å². The third kappa shape index (κ3) is 3.80. The van der Waals surface area contributed by atoms with Crippen molar-refractivity contribution in [2.45, 2.75) is 64.0 Å². The molecule has 7 nitrogen and oxygen atoms in total. The Kier molecular flexibility index (Phi) is 4.99. The predicted octanol–water partition coefficient (Wildman–Crippen LogP) is 1.78. The Bertz CT molecular complexity index is 545. The summed E-state index contributed by atoms with van der Waals surface area (Å²) in [6, 6.07) is 0. The Morgan fingerprint density at radius 2 is 1.74 bits per heavy atom. The van der Waals surface area contributed by atoms with Gasteiger partial charge < -0.3 is 14.4 Å². The van der Waals surface area contributed by atoms with Crippen LogP contribution in [0.2, 0.25) is 0 Å². The highest BCUT2D eigenvalue weighted by Gasteiger charge is 2.51. The van der Waals surface area contributed by atoms with Gasteiger partial charge in [-0.1, -0.05) is 0 Å². The van der Waals surface area contributed by atoms with Crippen molar-refractivity contribution in [3.63, 3.8) is 0 Å². The summed E-state index contributed by atoms with van der Waals surface area (Å²) in [6.45, 7) is 10.5. The van der Waals surface area contributed by atoms with Gasteiger partial charge in [0, 0.05) is 32.5 Å². The van der Waals surface area contributed by atoms with Crippen molar-refractivity contribution in [3.8, 4) is 0 Å². The minimum Gasteiger partial charge on any atom is -0.444 e. The number of rotatable bonds is 2. The summed E-state index contributed by atoms with van der Waals surface area (Å²) >= 11 is 0. The van der Waals surface area contributed by atoms with E-state index in [2.05, 4.69) is 0 Å². The molecule has 0 radical (unpaired) electrons. The summed E-state index contributed by atoms with van der Waals surface area (Å²) in [5, 5.41) is -0.482. The summed E-state index contributed by atoms with van der Waals surface area (Å²) < 4.78 is 37.8. The van der Waals surface area contributed by atoms with E-state index in [0.717, 1.165) is 0 Å². The van der Waals surface area contributed by atoms with Crippen LogP contribution in [0, 0.1) is 0 Å². The maximum Gasteiger partial charge on any atom is 0.410 e. The molecule has 2 fully saturated rings. The minimum atomic E-state index is -3.38. The molecule has 0 aliphatic carbocycles. The van der Waals surface area contributed by atoms with Crippen LogP contribution in [0.4, 0.5) is 4.79 Å². The van der Waals surface area contributed by atoms with Crippen LogP contribution in [0.3, 0.4) is 0 Å². The first kappa shape index (κ1) is 18.5. The van der Waals surface area contributed by atoms with E-state index >= 15 is 0 Å². The molecule has 2 rings (SSSR count). The number of carbonyl (C=O) groups excluding carboxylic acids is 1. The lowest BCUT2D eigenvalue weighted by molar-refractivity contribution is -0.0908. The lowest BCUT2D eigenvalue weighted by Gasteiger charge is -2.43. The van der Waals surface area contributed by atoms with Gasteiger partial charge in [0.1, 0.15) is 11.3 Å². The van der Waals surface area contributed by atoms with Crippen LogP contribution in [0.15, 0.2) is 0 Å². The van der Waals surface area contributed by atoms with Crippen molar-refractivity contribution in [1.82, 2.24) is 9.21 Å². The van der Waals surface area contributed by atoms with Gasteiger partial charge in [-0.3, -0.25) is 0 Å². The Balaban J connectivity index is 2.06. The Morgan fingerprint density at radius 1 is 1.17 bits per heavy atom. The molecule has 1 spiro atoms. The van der Waals surface area contributed by atoms with Crippen LogP contribution in [-0.2, 0) is 19.5 Å². The lowest BCUT2D eigenvalue weighted by Crippen LogP contribution is -2.57. The monoisotopic (exact) mass is 348 g/mol. The Morgan fingerprint density at radius 3 is 2.22 bits per heavy atom. The average molecular weight is 348 g/mol. The first-order chi connectivity index (χ1) is 10.5. The van der Waals surface area contributed by atoms with E-state index in [-0.39, 0.29) is 6.09 Å². The van der Waals surface area contributed by atoms with Crippen LogP contribution in [0.1, 0.15) is 47.5 Å². The summed E-state index contributed by atoms with van der Waals surface area (Å²) in [4.78, 5) is 13.8. The molecule has 1 amide bonds. The maximum atomic E-state index is 12.5. The number of hydrogen-bond acceptors (Lipinski definition) is 5. The van der Waals surface area contributed by atoms with E-state index in [1.807, 2.05) is 20.8 Å². The predicted molar refractivity (Wildman–Crippen MR) is 86.5 cm³/mol. The molecule has 0 aromatic heterocycles. The van der Waals surface area contributed by atoms with Gasteiger partial charge in [-0.2, -0.15) is 4.31 Å².